The summed E-state index contributed by atoms with van der Waals surface area (Å²) in [6.45, 7) is 4.79. The highest BCUT2D eigenvalue weighted by atomic mass is 16.5. The van der Waals surface area contributed by atoms with Crippen molar-refractivity contribution >= 4 is 5.91 Å². The fourth-order valence-electron chi connectivity index (χ4n) is 2.39. The molecule has 0 aliphatic heterocycles. The normalized spacial score (nSPS) is 27.6. The molecule has 0 aromatic heterocycles. The van der Waals surface area contributed by atoms with Crippen molar-refractivity contribution in [1.29, 1.82) is 0 Å². The van der Waals surface area contributed by atoms with Gasteiger partial charge in [0.25, 0.3) is 0 Å². The van der Waals surface area contributed by atoms with Gasteiger partial charge in [-0.25, -0.2) is 0 Å². The van der Waals surface area contributed by atoms with E-state index in [2.05, 4.69) is 12.2 Å². The Hall–Kier alpha value is -0.650. The van der Waals surface area contributed by atoms with E-state index in [9.17, 15) is 4.79 Å². The molecule has 0 aromatic rings. The van der Waals surface area contributed by atoms with Crippen molar-refractivity contribution in [3.63, 3.8) is 0 Å². The lowest BCUT2D eigenvalue weighted by molar-refractivity contribution is -0.138. The molecule has 5 nitrogen and oxygen atoms in total. The van der Waals surface area contributed by atoms with Gasteiger partial charge in [-0.3, -0.25) is 4.79 Å². The standard InChI is InChI=1S/C12H24N2O3/c1-10-7-12(8-10,9-13)11(15)14-3-4-17-6-5-16-2/h10H,3-9,13H2,1-2H3,(H,14,15). The number of nitrogens with one attached hydrogen (secondary N) is 1. The van der Waals surface area contributed by atoms with Gasteiger partial charge in [0.1, 0.15) is 0 Å². The first-order valence-electron chi connectivity index (χ1n) is 6.19. The number of carbonyl (C=O) groups is 1. The Morgan fingerprint density at radius 1 is 1.41 bits per heavy atom. The fourth-order valence-corrected chi connectivity index (χ4v) is 2.39. The van der Waals surface area contributed by atoms with Gasteiger partial charge in [-0.1, -0.05) is 6.92 Å². The summed E-state index contributed by atoms with van der Waals surface area (Å²) < 4.78 is 10.1. The van der Waals surface area contributed by atoms with Crippen molar-refractivity contribution in [2.45, 2.75) is 19.8 Å². The Kier molecular flexibility index (Phi) is 5.88. The van der Waals surface area contributed by atoms with Crippen LogP contribution in [-0.2, 0) is 14.3 Å². The summed E-state index contributed by atoms with van der Waals surface area (Å²) in [6, 6.07) is 0. The number of methoxy groups -OCH3 is 1. The number of amides is 1. The van der Waals surface area contributed by atoms with Gasteiger partial charge in [0.15, 0.2) is 0 Å². The third kappa shape index (κ3) is 3.94. The Morgan fingerprint density at radius 3 is 2.65 bits per heavy atom. The average Bonchev–Trinajstić information content (AvgIpc) is 2.29. The van der Waals surface area contributed by atoms with Crippen LogP contribution in [0.5, 0.6) is 0 Å². The summed E-state index contributed by atoms with van der Waals surface area (Å²) in [5.41, 5.74) is 5.38. The highest BCUT2D eigenvalue weighted by Gasteiger charge is 2.46. The third-order valence-electron chi connectivity index (χ3n) is 3.31. The Bertz CT molecular complexity index is 240. The van der Waals surface area contributed by atoms with E-state index in [1.165, 1.54) is 0 Å². The summed E-state index contributed by atoms with van der Waals surface area (Å²) in [6.07, 6.45) is 1.81. The molecule has 17 heavy (non-hydrogen) atoms. The predicted octanol–water partition coefficient (Wildman–Crippen LogP) is 0.141. The quantitative estimate of drug-likeness (QED) is 0.596. The van der Waals surface area contributed by atoms with E-state index < -0.39 is 0 Å². The number of rotatable bonds is 8. The van der Waals surface area contributed by atoms with Gasteiger partial charge in [-0.15, -0.1) is 0 Å². The smallest absolute Gasteiger partial charge is 0.227 e. The van der Waals surface area contributed by atoms with Crippen molar-refractivity contribution in [1.82, 2.24) is 5.32 Å². The van der Waals surface area contributed by atoms with Gasteiger partial charge in [0.05, 0.1) is 25.2 Å². The van der Waals surface area contributed by atoms with E-state index in [1.807, 2.05) is 0 Å². The van der Waals surface area contributed by atoms with E-state index in [4.69, 9.17) is 15.2 Å². The van der Waals surface area contributed by atoms with Gasteiger partial charge in [-0.05, 0) is 18.8 Å². The van der Waals surface area contributed by atoms with E-state index in [1.54, 1.807) is 7.11 Å². The van der Waals surface area contributed by atoms with E-state index in [0.717, 1.165) is 12.8 Å². The molecular weight excluding hydrogens is 220 g/mol. The SMILES string of the molecule is COCCOCCNC(=O)C1(CN)CC(C)C1. The molecule has 100 valence electrons. The summed E-state index contributed by atoms with van der Waals surface area (Å²) in [7, 11) is 1.63. The number of hydrogen-bond donors (Lipinski definition) is 2. The van der Waals surface area contributed by atoms with Crippen molar-refractivity contribution in [3.05, 3.63) is 0 Å². The Balaban J connectivity index is 2.12. The molecule has 0 heterocycles. The van der Waals surface area contributed by atoms with Crippen LogP contribution in [-0.4, -0.2) is 45.9 Å². The number of nitrogens with two attached hydrogens (primary N) is 1. The second kappa shape index (κ2) is 6.93. The molecule has 1 aliphatic rings. The first kappa shape index (κ1) is 14.4. The zero-order valence-corrected chi connectivity index (χ0v) is 10.8. The lowest BCUT2D eigenvalue weighted by atomic mass is 9.62. The van der Waals surface area contributed by atoms with Gasteiger partial charge in [-0.2, -0.15) is 0 Å². The summed E-state index contributed by atoms with van der Waals surface area (Å²) in [5.74, 6) is 0.690. The number of ether oxygens (including phenoxy) is 2. The van der Waals surface area contributed by atoms with Crippen LogP contribution in [0.25, 0.3) is 0 Å². The minimum Gasteiger partial charge on any atom is -0.382 e. The van der Waals surface area contributed by atoms with E-state index in [0.29, 0.717) is 38.8 Å². The molecule has 5 heteroatoms. The first-order chi connectivity index (χ1) is 8.14. The monoisotopic (exact) mass is 244 g/mol. The van der Waals surface area contributed by atoms with Gasteiger partial charge in [0, 0.05) is 20.2 Å². The maximum atomic E-state index is 11.9. The van der Waals surface area contributed by atoms with Crippen LogP contribution >= 0.6 is 0 Å². The van der Waals surface area contributed by atoms with Crippen molar-refractivity contribution < 1.29 is 14.3 Å². The Morgan fingerprint density at radius 2 is 2.12 bits per heavy atom. The molecule has 3 N–H and O–H groups in total. The lowest BCUT2D eigenvalue weighted by Gasteiger charge is -2.44. The average molecular weight is 244 g/mol. The summed E-state index contributed by atoms with van der Waals surface area (Å²) in [5, 5.41) is 2.89. The van der Waals surface area contributed by atoms with Crippen molar-refractivity contribution in [3.8, 4) is 0 Å². The topological polar surface area (TPSA) is 73.6 Å². The molecule has 1 saturated carbocycles. The van der Waals surface area contributed by atoms with Crippen LogP contribution in [0.15, 0.2) is 0 Å². The molecule has 0 atom stereocenters. The van der Waals surface area contributed by atoms with Crippen LogP contribution < -0.4 is 11.1 Å². The highest BCUT2D eigenvalue weighted by molar-refractivity contribution is 5.83. The molecule has 0 unspecified atom stereocenters. The van der Waals surface area contributed by atoms with E-state index in [-0.39, 0.29) is 11.3 Å². The zero-order chi connectivity index (χ0) is 12.7. The molecule has 1 fully saturated rings. The lowest BCUT2D eigenvalue weighted by Crippen LogP contribution is -2.53. The molecule has 0 radical (unpaired) electrons. The first-order valence-corrected chi connectivity index (χ1v) is 6.19. The maximum absolute atomic E-state index is 11.9. The van der Waals surface area contributed by atoms with Crippen molar-refractivity contribution in [2.75, 3.05) is 40.0 Å². The second-order valence-electron chi connectivity index (χ2n) is 4.86. The zero-order valence-electron chi connectivity index (χ0n) is 10.8. The van der Waals surface area contributed by atoms with Crippen LogP contribution in [0.3, 0.4) is 0 Å². The fraction of sp³-hybridized carbons (Fsp3) is 0.917. The van der Waals surface area contributed by atoms with Crippen LogP contribution in [0.4, 0.5) is 0 Å². The van der Waals surface area contributed by atoms with Gasteiger partial charge >= 0.3 is 0 Å². The maximum Gasteiger partial charge on any atom is 0.227 e. The predicted molar refractivity (Wildman–Crippen MR) is 65.6 cm³/mol. The van der Waals surface area contributed by atoms with E-state index >= 15 is 0 Å². The highest BCUT2D eigenvalue weighted by Crippen LogP contribution is 2.44. The summed E-state index contributed by atoms with van der Waals surface area (Å²) in [4.78, 5) is 11.9. The third-order valence-corrected chi connectivity index (χ3v) is 3.31. The largest absolute Gasteiger partial charge is 0.382 e. The van der Waals surface area contributed by atoms with Gasteiger partial charge in [0.2, 0.25) is 5.91 Å². The molecular formula is C12H24N2O3. The Labute approximate surface area is 103 Å². The van der Waals surface area contributed by atoms with Crippen molar-refractivity contribution in [2.24, 2.45) is 17.1 Å². The second-order valence-corrected chi connectivity index (χ2v) is 4.86. The molecule has 0 aromatic carbocycles. The molecule has 0 bridgehead atoms. The molecule has 0 spiro atoms. The molecule has 0 saturated heterocycles. The minimum atomic E-state index is -0.314. The molecule has 1 rings (SSSR count). The minimum absolute atomic E-state index is 0.0773. The number of hydrogen-bond acceptors (Lipinski definition) is 4. The number of carbonyl (C=O) groups excluding carboxylic acids is 1. The molecule has 1 aliphatic carbocycles. The van der Waals surface area contributed by atoms with Crippen LogP contribution in [0.2, 0.25) is 0 Å². The van der Waals surface area contributed by atoms with Crippen LogP contribution in [0.1, 0.15) is 19.8 Å². The van der Waals surface area contributed by atoms with Gasteiger partial charge < -0.3 is 20.5 Å². The summed E-state index contributed by atoms with van der Waals surface area (Å²) >= 11 is 0. The van der Waals surface area contributed by atoms with Crippen LogP contribution in [0, 0.1) is 11.3 Å². The molecule has 1 amide bonds.